The monoisotopic (exact) mass is 468 g/mol. The van der Waals surface area contributed by atoms with Crippen LogP contribution in [0, 0.1) is 0 Å². The quantitative estimate of drug-likeness (QED) is 0.352. The Balaban J connectivity index is 1.63. The number of rotatable bonds is 9. The number of carbonyl (C=O) groups is 2. The molecule has 0 bridgehead atoms. The van der Waals surface area contributed by atoms with Crippen LogP contribution in [0.1, 0.15) is 30.6 Å². The molecule has 0 aliphatic carbocycles. The lowest BCUT2D eigenvalue weighted by molar-refractivity contribution is -0.115. The summed E-state index contributed by atoms with van der Waals surface area (Å²) in [7, 11) is 0. The lowest BCUT2D eigenvalue weighted by Gasteiger charge is -2.16. The lowest BCUT2D eigenvalue weighted by atomic mass is 10.2. The van der Waals surface area contributed by atoms with Crippen LogP contribution in [0.4, 0.5) is 11.4 Å². The van der Waals surface area contributed by atoms with Crippen LogP contribution >= 0.6 is 23.4 Å². The van der Waals surface area contributed by atoms with Gasteiger partial charge in [-0.2, -0.15) is 0 Å². The van der Waals surface area contributed by atoms with Gasteiger partial charge in [-0.3, -0.25) is 9.59 Å². The fraction of sp³-hybridized carbons (Fsp3) is 0.200. The highest BCUT2D eigenvalue weighted by Gasteiger charge is 2.18. The molecule has 1 atom stereocenters. The predicted molar refractivity (Wildman–Crippen MR) is 132 cm³/mol. The van der Waals surface area contributed by atoms with Gasteiger partial charge in [0.2, 0.25) is 5.91 Å². The molecule has 2 amide bonds. The highest BCUT2D eigenvalue weighted by Crippen LogP contribution is 2.29. The molecule has 0 aliphatic heterocycles. The van der Waals surface area contributed by atoms with E-state index in [-0.39, 0.29) is 17.1 Å². The Bertz CT molecular complexity index is 1070. The van der Waals surface area contributed by atoms with E-state index >= 15 is 0 Å². The lowest BCUT2D eigenvalue weighted by Crippen LogP contribution is -2.24. The number of anilines is 2. The first-order chi connectivity index (χ1) is 15.5. The maximum atomic E-state index is 12.8. The number of thioether (sulfide) groups is 1. The van der Waals surface area contributed by atoms with Crippen LogP contribution in [0.15, 0.2) is 77.7 Å². The third-order valence-electron chi connectivity index (χ3n) is 4.55. The predicted octanol–water partition coefficient (Wildman–Crippen LogP) is 6.50. The van der Waals surface area contributed by atoms with Crippen molar-refractivity contribution in [2.75, 3.05) is 17.2 Å². The largest absolute Gasteiger partial charge is 0.494 e. The maximum absolute atomic E-state index is 12.8. The first-order valence-corrected chi connectivity index (χ1v) is 11.6. The second-order valence-corrected chi connectivity index (χ2v) is 8.67. The van der Waals surface area contributed by atoms with Crippen molar-refractivity contribution in [2.45, 2.75) is 30.4 Å². The number of amides is 2. The summed E-state index contributed by atoms with van der Waals surface area (Å²) in [6.45, 7) is 4.50. The Morgan fingerprint density at radius 3 is 2.38 bits per heavy atom. The third kappa shape index (κ3) is 6.77. The van der Waals surface area contributed by atoms with Crippen molar-refractivity contribution in [3.05, 3.63) is 83.4 Å². The van der Waals surface area contributed by atoms with Crippen LogP contribution in [0.5, 0.6) is 5.75 Å². The van der Waals surface area contributed by atoms with Gasteiger partial charge >= 0.3 is 0 Å². The van der Waals surface area contributed by atoms with E-state index < -0.39 is 0 Å². The van der Waals surface area contributed by atoms with E-state index in [1.165, 1.54) is 11.8 Å². The van der Waals surface area contributed by atoms with Gasteiger partial charge in [-0.05, 0) is 74.0 Å². The number of benzene rings is 3. The number of hydrogen-bond acceptors (Lipinski definition) is 4. The number of hydrogen-bond donors (Lipinski definition) is 2. The normalized spacial score (nSPS) is 11.5. The molecule has 3 aromatic carbocycles. The van der Waals surface area contributed by atoms with Gasteiger partial charge in [0.15, 0.2) is 0 Å². The topological polar surface area (TPSA) is 67.4 Å². The van der Waals surface area contributed by atoms with Gasteiger partial charge in [0.05, 0.1) is 11.9 Å². The highest BCUT2D eigenvalue weighted by molar-refractivity contribution is 8.00. The number of ether oxygens (including phenoxy) is 1. The Labute approximate surface area is 197 Å². The summed E-state index contributed by atoms with van der Waals surface area (Å²) in [5.41, 5.74) is 1.86. The van der Waals surface area contributed by atoms with Gasteiger partial charge in [-0.25, -0.2) is 0 Å². The van der Waals surface area contributed by atoms with Gasteiger partial charge in [-0.15, -0.1) is 11.8 Å². The van der Waals surface area contributed by atoms with Crippen molar-refractivity contribution in [1.82, 2.24) is 0 Å². The highest BCUT2D eigenvalue weighted by atomic mass is 35.5. The summed E-state index contributed by atoms with van der Waals surface area (Å²) < 4.78 is 5.43. The van der Waals surface area contributed by atoms with Gasteiger partial charge in [0.25, 0.3) is 5.91 Å². The zero-order chi connectivity index (χ0) is 22.9. The Morgan fingerprint density at radius 1 is 0.938 bits per heavy atom. The molecule has 166 valence electrons. The fourth-order valence-corrected chi connectivity index (χ4v) is 4.19. The van der Waals surface area contributed by atoms with E-state index in [1.54, 1.807) is 24.3 Å². The van der Waals surface area contributed by atoms with Crippen LogP contribution in [0.3, 0.4) is 0 Å². The molecule has 3 aromatic rings. The van der Waals surface area contributed by atoms with Crippen molar-refractivity contribution < 1.29 is 14.3 Å². The zero-order valence-corrected chi connectivity index (χ0v) is 19.5. The Morgan fingerprint density at radius 2 is 1.69 bits per heavy atom. The molecule has 0 saturated carbocycles. The Kier molecular flexibility index (Phi) is 8.59. The van der Waals surface area contributed by atoms with E-state index in [4.69, 9.17) is 16.3 Å². The van der Waals surface area contributed by atoms with E-state index in [0.29, 0.717) is 29.3 Å². The van der Waals surface area contributed by atoms with Crippen molar-refractivity contribution in [3.8, 4) is 5.75 Å². The first-order valence-electron chi connectivity index (χ1n) is 10.4. The van der Waals surface area contributed by atoms with Crippen molar-refractivity contribution in [3.63, 3.8) is 0 Å². The number of halogens is 1. The van der Waals surface area contributed by atoms with Crippen molar-refractivity contribution in [1.29, 1.82) is 0 Å². The molecule has 0 heterocycles. The summed E-state index contributed by atoms with van der Waals surface area (Å²) in [6.07, 6.45) is 0.659. The van der Waals surface area contributed by atoms with E-state index in [9.17, 15) is 9.59 Å². The van der Waals surface area contributed by atoms with Gasteiger partial charge < -0.3 is 15.4 Å². The molecule has 0 radical (unpaired) electrons. The summed E-state index contributed by atoms with van der Waals surface area (Å²) in [4.78, 5) is 26.2. The van der Waals surface area contributed by atoms with Gasteiger partial charge in [0, 0.05) is 26.9 Å². The molecule has 2 N–H and O–H groups in total. The maximum Gasteiger partial charge on any atom is 0.255 e. The first kappa shape index (κ1) is 23.7. The Hall–Kier alpha value is -2.96. The van der Waals surface area contributed by atoms with Crippen LogP contribution in [0.25, 0.3) is 0 Å². The molecule has 1 unspecified atom stereocenters. The van der Waals surface area contributed by atoms with E-state index in [1.807, 2.05) is 62.4 Å². The summed E-state index contributed by atoms with van der Waals surface area (Å²) in [5.74, 6) is 0.452. The number of nitrogens with one attached hydrogen (secondary N) is 2. The molecule has 7 heteroatoms. The SMILES string of the molecule is CCOc1ccc(NC(=O)C(CC)Sc2cccc(NC(=O)c3cccc(Cl)c3)c2)cc1. The second-order valence-electron chi connectivity index (χ2n) is 6.95. The molecule has 0 aromatic heterocycles. The smallest absolute Gasteiger partial charge is 0.255 e. The average Bonchev–Trinajstić information content (AvgIpc) is 2.79. The minimum atomic E-state index is -0.277. The van der Waals surface area contributed by atoms with Crippen LogP contribution in [0.2, 0.25) is 5.02 Å². The van der Waals surface area contributed by atoms with Gasteiger partial charge in [0.1, 0.15) is 5.75 Å². The minimum Gasteiger partial charge on any atom is -0.494 e. The van der Waals surface area contributed by atoms with Crippen LogP contribution in [-0.2, 0) is 4.79 Å². The van der Waals surface area contributed by atoms with E-state index in [0.717, 1.165) is 16.3 Å². The molecular weight excluding hydrogens is 444 g/mol. The molecule has 3 rings (SSSR count). The van der Waals surface area contributed by atoms with Crippen LogP contribution in [-0.4, -0.2) is 23.7 Å². The summed E-state index contributed by atoms with van der Waals surface area (Å²) >= 11 is 7.43. The summed E-state index contributed by atoms with van der Waals surface area (Å²) in [5, 5.41) is 6.07. The third-order valence-corrected chi connectivity index (χ3v) is 6.15. The molecule has 0 spiro atoms. The standard InChI is InChI=1S/C25H25ClN2O3S/c1-3-23(25(30)27-19-11-13-21(14-12-19)31-4-2)32-22-10-6-9-20(16-22)28-24(29)17-7-5-8-18(26)15-17/h5-16,23H,3-4H2,1-2H3,(H,27,30)(H,28,29). The van der Waals surface area contributed by atoms with Crippen LogP contribution < -0.4 is 15.4 Å². The molecule has 0 fully saturated rings. The fourth-order valence-electron chi connectivity index (χ4n) is 2.99. The van der Waals surface area contributed by atoms with Crippen molar-refractivity contribution >= 4 is 46.6 Å². The molecule has 0 aliphatic rings. The number of carbonyl (C=O) groups excluding carboxylic acids is 2. The van der Waals surface area contributed by atoms with E-state index in [2.05, 4.69) is 10.6 Å². The summed E-state index contributed by atoms with van der Waals surface area (Å²) in [6, 6.07) is 21.5. The minimum absolute atomic E-state index is 0.0741. The molecule has 32 heavy (non-hydrogen) atoms. The van der Waals surface area contributed by atoms with Gasteiger partial charge in [-0.1, -0.05) is 30.7 Å². The molecule has 0 saturated heterocycles. The second kappa shape index (κ2) is 11.6. The van der Waals surface area contributed by atoms with Crippen molar-refractivity contribution in [2.24, 2.45) is 0 Å². The zero-order valence-electron chi connectivity index (χ0n) is 17.9. The molecular formula is C25H25ClN2O3S. The molecule has 5 nitrogen and oxygen atoms in total. The average molecular weight is 469 g/mol.